The number of unbranched alkanes of at least 4 members (excludes halogenated alkanes) is 13. The standard InChI is InChI=1S/C18H39NO3S/c1-4-5-6-7-8-9-10-11-12-13-14-15-16-17-18-19(2,3)23(20,21)22/h4-18H2,1-3H3/p+1. The Morgan fingerprint density at radius 2 is 0.957 bits per heavy atom. The van der Waals surface area contributed by atoms with Crippen molar-refractivity contribution in [3.8, 4) is 0 Å². The van der Waals surface area contributed by atoms with Crippen LogP contribution in [0.25, 0.3) is 0 Å². The number of hydrogen-bond acceptors (Lipinski definition) is 2. The van der Waals surface area contributed by atoms with Crippen LogP contribution in [0.15, 0.2) is 0 Å². The van der Waals surface area contributed by atoms with Gasteiger partial charge in [-0.15, -0.1) is 8.42 Å². The molecule has 5 heteroatoms. The number of quaternary nitrogens is 1. The van der Waals surface area contributed by atoms with Crippen molar-refractivity contribution in [1.29, 1.82) is 0 Å². The van der Waals surface area contributed by atoms with Crippen molar-refractivity contribution >= 4 is 10.3 Å². The van der Waals surface area contributed by atoms with Gasteiger partial charge in [-0.25, -0.2) is 4.55 Å². The Morgan fingerprint density at radius 1 is 0.652 bits per heavy atom. The van der Waals surface area contributed by atoms with Crippen LogP contribution in [0.2, 0.25) is 0 Å². The summed E-state index contributed by atoms with van der Waals surface area (Å²) in [6, 6.07) is 0. The first kappa shape index (κ1) is 22.9. The Balaban J connectivity index is 3.29. The molecule has 0 amide bonds. The van der Waals surface area contributed by atoms with Crippen molar-refractivity contribution in [2.24, 2.45) is 0 Å². The summed E-state index contributed by atoms with van der Waals surface area (Å²) < 4.78 is 31.1. The lowest BCUT2D eigenvalue weighted by Gasteiger charge is -2.24. The van der Waals surface area contributed by atoms with Crippen LogP contribution in [0.5, 0.6) is 0 Å². The molecular formula is C18H40NO3S+. The summed E-state index contributed by atoms with van der Waals surface area (Å²) in [5.74, 6) is 0. The van der Waals surface area contributed by atoms with Crippen LogP contribution < -0.4 is 0 Å². The molecule has 0 rings (SSSR count). The number of nitrogens with zero attached hydrogens (tertiary/aromatic N) is 1. The second-order valence-electron chi connectivity index (χ2n) is 7.34. The summed E-state index contributed by atoms with van der Waals surface area (Å²) in [5, 5.41) is 0. The van der Waals surface area contributed by atoms with Gasteiger partial charge >= 0.3 is 10.3 Å². The Kier molecular flexibility index (Phi) is 13.1. The van der Waals surface area contributed by atoms with Gasteiger partial charge in [0.25, 0.3) is 0 Å². The van der Waals surface area contributed by atoms with E-state index in [1.165, 1.54) is 91.1 Å². The van der Waals surface area contributed by atoms with E-state index in [4.69, 9.17) is 4.55 Å². The highest BCUT2D eigenvalue weighted by molar-refractivity contribution is 7.80. The summed E-state index contributed by atoms with van der Waals surface area (Å²) in [7, 11) is -0.904. The first-order valence-corrected chi connectivity index (χ1v) is 11.0. The second kappa shape index (κ2) is 13.2. The zero-order chi connectivity index (χ0) is 17.6. The largest absolute Gasteiger partial charge is 0.432 e. The first-order chi connectivity index (χ1) is 10.8. The van der Waals surface area contributed by atoms with Gasteiger partial charge in [-0.2, -0.15) is 3.89 Å². The number of hydrogen-bond donors (Lipinski definition) is 1. The van der Waals surface area contributed by atoms with Gasteiger partial charge < -0.3 is 0 Å². The summed E-state index contributed by atoms with van der Waals surface area (Å²) in [6.07, 6.45) is 18.0. The Hall–Kier alpha value is -0.130. The molecule has 0 bridgehead atoms. The van der Waals surface area contributed by atoms with E-state index in [-0.39, 0.29) is 3.89 Å². The third kappa shape index (κ3) is 12.9. The molecule has 0 atom stereocenters. The van der Waals surface area contributed by atoms with Gasteiger partial charge in [-0.05, 0) is 12.8 Å². The van der Waals surface area contributed by atoms with Crippen molar-refractivity contribution in [2.75, 3.05) is 20.6 Å². The molecule has 0 aliphatic heterocycles. The summed E-state index contributed by atoms with van der Waals surface area (Å²) in [4.78, 5) is 0. The molecule has 1 N–H and O–H groups in total. The van der Waals surface area contributed by atoms with Crippen molar-refractivity contribution < 1.29 is 16.9 Å². The fraction of sp³-hybridized carbons (Fsp3) is 1.00. The summed E-state index contributed by atoms with van der Waals surface area (Å²) >= 11 is 0. The molecule has 4 nitrogen and oxygen atoms in total. The highest BCUT2D eigenvalue weighted by Gasteiger charge is 2.29. The molecule has 0 unspecified atom stereocenters. The van der Waals surface area contributed by atoms with Crippen molar-refractivity contribution in [3.05, 3.63) is 0 Å². The lowest BCUT2D eigenvalue weighted by molar-refractivity contribution is -0.767. The molecule has 0 heterocycles. The maximum absolute atomic E-state index is 11.1. The van der Waals surface area contributed by atoms with Gasteiger partial charge in [0.05, 0.1) is 20.6 Å². The average molecular weight is 351 g/mol. The molecular weight excluding hydrogens is 310 g/mol. The molecule has 0 aliphatic carbocycles. The van der Waals surface area contributed by atoms with E-state index in [0.29, 0.717) is 6.54 Å². The molecule has 23 heavy (non-hydrogen) atoms. The van der Waals surface area contributed by atoms with E-state index in [1.807, 2.05) is 0 Å². The van der Waals surface area contributed by atoms with Crippen LogP contribution in [0.1, 0.15) is 96.8 Å². The minimum atomic E-state index is -3.98. The normalized spacial score (nSPS) is 12.7. The maximum Gasteiger partial charge on any atom is 0.432 e. The summed E-state index contributed by atoms with van der Waals surface area (Å²) in [5.41, 5.74) is 0. The minimum Gasteiger partial charge on any atom is -0.241 e. The SMILES string of the molecule is CCCCCCCCCCCCCCCC[N+](C)(C)S(=O)(=O)O. The summed E-state index contributed by atoms with van der Waals surface area (Å²) in [6.45, 7) is 2.74. The fourth-order valence-corrected chi connectivity index (χ4v) is 3.16. The Bertz CT molecular complexity index is 366. The third-order valence-corrected chi connectivity index (χ3v) is 6.11. The van der Waals surface area contributed by atoms with Crippen molar-refractivity contribution in [3.63, 3.8) is 0 Å². The average Bonchev–Trinajstić information content (AvgIpc) is 2.46. The lowest BCUT2D eigenvalue weighted by Crippen LogP contribution is -2.45. The van der Waals surface area contributed by atoms with Crippen molar-refractivity contribution in [2.45, 2.75) is 96.8 Å². The third-order valence-electron chi connectivity index (χ3n) is 4.67. The van der Waals surface area contributed by atoms with Gasteiger partial charge in [0, 0.05) is 0 Å². The molecule has 0 radical (unpaired) electrons. The van der Waals surface area contributed by atoms with Crippen LogP contribution in [0.4, 0.5) is 0 Å². The lowest BCUT2D eigenvalue weighted by atomic mass is 10.0. The van der Waals surface area contributed by atoms with Crippen molar-refractivity contribution in [1.82, 2.24) is 0 Å². The Morgan fingerprint density at radius 3 is 1.26 bits per heavy atom. The van der Waals surface area contributed by atoms with Gasteiger partial charge in [0.1, 0.15) is 0 Å². The predicted molar refractivity (Wildman–Crippen MR) is 98.8 cm³/mol. The van der Waals surface area contributed by atoms with Crippen LogP contribution in [-0.2, 0) is 10.3 Å². The van der Waals surface area contributed by atoms with Crippen LogP contribution in [0.3, 0.4) is 0 Å². The van der Waals surface area contributed by atoms with Crippen LogP contribution in [0, 0.1) is 0 Å². The minimum absolute atomic E-state index is 0.328. The Labute approximate surface area is 145 Å². The zero-order valence-corrected chi connectivity index (χ0v) is 16.5. The molecule has 0 aromatic carbocycles. The van der Waals surface area contributed by atoms with Gasteiger partial charge in [0.15, 0.2) is 0 Å². The number of rotatable bonds is 16. The zero-order valence-electron chi connectivity index (χ0n) is 15.7. The second-order valence-corrected chi connectivity index (χ2v) is 9.23. The van der Waals surface area contributed by atoms with E-state index >= 15 is 0 Å². The van der Waals surface area contributed by atoms with Crippen LogP contribution in [-0.4, -0.2) is 37.5 Å². The van der Waals surface area contributed by atoms with E-state index in [9.17, 15) is 8.42 Å². The monoisotopic (exact) mass is 350 g/mol. The van der Waals surface area contributed by atoms with E-state index < -0.39 is 10.3 Å². The molecule has 0 aliphatic rings. The van der Waals surface area contributed by atoms with E-state index in [2.05, 4.69) is 6.92 Å². The van der Waals surface area contributed by atoms with E-state index in [0.717, 1.165) is 12.8 Å². The molecule has 0 saturated carbocycles. The fourth-order valence-electron chi connectivity index (χ4n) is 2.80. The predicted octanol–water partition coefficient (Wildman–Crippen LogP) is 5.35. The van der Waals surface area contributed by atoms with Gasteiger partial charge in [-0.1, -0.05) is 84.0 Å². The molecule has 0 saturated heterocycles. The smallest absolute Gasteiger partial charge is 0.241 e. The highest BCUT2D eigenvalue weighted by atomic mass is 32.2. The molecule has 140 valence electrons. The highest BCUT2D eigenvalue weighted by Crippen LogP contribution is 2.14. The molecule has 0 fully saturated rings. The molecule has 0 aromatic rings. The molecule has 0 spiro atoms. The van der Waals surface area contributed by atoms with Gasteiger partial charge in [-0.3, -0.25) is 0 Å². The topological polar surface area (TPSA) is 54.4 Å². The van der Waals surface area contributed by atoms with Gasteiger partial charge in [0.2, 0.25) is 0 Å². The van der Waals surface area contributed by atoms with Crippen LogP contribution >= 0.6 is 0 Å². The first-order valence-electron chi connectivity index (χ1n) is 9.62. The van der Waals surface area contributed by atoms with E-state index in [1.54, 1.807) is 0 Å². The maximum atomic E-state index is 11.1. The molecule has 0 aromatic heterocycles. The quantitative estimate of drug-likeness (QED) is 0.232.